The van der Waals surface area contributed by atoms with Crippen LogP contribution in [0.25, 0.3) is 11.2 Å². The van der Waals surface area contributed by atoms with Crippen LogP contribution in [-0.4, -0.2) is 48.2 Å². The Labute approximate surface area is 152 Å². The number of imidazole rings is 1. The predicted molar refractivity (Wildman–Crippen MR) is 97.3 cm³/mol. The summed E-state index contributed by atoms with van der Waals surface area (Å²) in [5, 5.41) is 21.5. The van der Waals surface area contributed by atoms with Gasteiger partial charge in [0.25, 0.3) is 5.56 Å². The van der Waals surface area contributed by atoms with Crippen molar-refractivity contribution in [3.63, 3.8) is 0 Å². The first-order valence-corrected chi connectivity index (χ1v) is 8.27. The van der Waals surface area contributed by atoms with E-state index in [1.807, 2.05) is 0 Å². The van der Waals surface area contributed by atoms with Crippen LogP contribution in [0.5, 0.6) is 0 Å². The zero-order valence-corrected chi connectivity index (χ0v) is 14.9. The molecule has 0 amide bonds. The molecule has 0 unspecified atom stereocenters. The number of aliphatic hydroxyl groups is 2. The molecule has 0 aliphatic heterocycles. The van der Waals surface area contributed by atoms with E-state index in [1.165, 1.54) is 30.8 Å². The van der Waals surface area contributed by atoms with Crippen LogP contribution in [0.15, 0.2) is 33.9 Å². The summed E-state index contributed by atoms with van der Waals surface area (Å²) in [6, 6.07) is 5.79. The monoisotopic (exact) mass is 377 g/mol. The lowest BCUT2D eigenvalue weighted by Gasteiger charge is -2.13. The van der Waals surface area contributed by atoms with Gasteiger partial charge in [0, 0.05) is 20.6 Å². The highest BCUT2D eigenvalue weighted by atomic mass is 19.1. The molecule has 0 saturated heterocycles. The fourth-order valence-electron chi connectivity index (χ4n) is 2.78. The second-order valence-electron chi connectivity index (χ2n) is 6.24. The van der Waals surface area contributed by atoms with Crippen LogP contribution in [0.1, 0.15) is 5.56 Å². The third kappa shape index (κ3) is 3.49. The number of fused-ring (bicyclic) bond motifs is 1. The van der Waals surface area contributed by atoms with E-state index >= 15 is 0 Å². The van der Waals surface area contributed by atoms with Gasteiger partial charge in [0.15, 0.2) is 11.2 Å². The van der Waals surface area contributed by atoms with Crippen LogP contribution in [0.4, 0.5) is 10.3 Å². The minimum absolute atomic E-state index is 0.00248. The normalized spacial score (nSPS) is 12.5. The lowest BCUT2D eigenvalue weighted by Crippen LogP contribution is -2.37. The van der Waals surface area contributed by atoms with Crippen molar-refractivity contribution in [2.45, 2.75) is 12.6 Å². The van der Waals surface area contributed by atoms with Gasteiger partial charge in [-0.25, -0.2) is 9.18 Å². The zero-order valence-electron chi connectivity index (χ0n) is 14.9. The van der Waals surface area contributed by atoms with Gasteiger partial charge in [-0.2, -0.15) is 4.98 Å². The van der Waals surface area contributed by atoms with Crippen molar-refractivity contribution in [3.8, 4) is 0 Å². The molecular weight excluding hydrogens is 357 g/mol. The number of aromatic nitrogens is 4. The van der Waals surface area contributed by atoms with Crippen molar-refractivity contribution in [1.82, 2.24) is 18.7 Å². The highest BCUT2D eigenvalue weighted by molar-refractivity contribution is 5.74. The summed E-state index contributed by atoms with van der Waals surface area (Å²) < 4.78 is 17.0. The maximum atomic E-state index is 13.2. The molecule has 0 saturated carbocycles. The molecule has 27 heavy (non-hydrogen) atoms. The Bertz CT molecular complexity index is 1080. The number of nitrogens with one attached hydrogen (secondary N) is 1. The van der Waals surface area contributed by atoms with Gasteiger partial charge in [-0.1, -0.05) is 12.1 Å². The summed E-state index contributed by atoms with van der Waals surface area (Å²) in [5.74, 6) is -0.128. The van der Waals surface area contributed by atoms with Crippen molar-refractivity contribution in [1.29, 1.82) is 0 Å². The average molecular weight is 377 g/mol. The summed E-state index contributed by atoms with van der Waals surface area (Å²) >= 11 is 0. The molecule has 9 nitrogen and oxygen atoms in total. The molecule has 10 heteroatoms. The molecule has 3 aromatic rings. The maximum Gasteiger partial charge on any atom is 0.332 e. The maximum absolute atomic E-state index is 13.2. The molecule has 144 valence electrons. The molecule has 3 N–H and O–H groups in total. The third-order valence-corrected chi connectivity index (χ3v) is 4.31. The van der Waals surface area contributed by atoms with Crippen LogP contribution in [0.3, 0.4) is 0 Å². The molecule has 2 heterocycles. The molecule has 1 atom stereocenters. The van der Waals surface area contributed by atoms with E-state index in [4.69, 9.17) is 5.11 Å². The molecular formula is C17H20FN5O4. The minimum atomic E-state index is -1.02. The van der Waals surface area contributed by atoms with Gasteiger partial charge in [0.2, 0.25) is 5.95 Å². The van der Waals surface area contributed by atoms with Crippen LogP contribution in [0, 0.1) is 5.82 Å². The summed E-state index contributed by atoms with van der Waals surface area (Å²) in [6.45, 7) is -0.245. The Morgan fingerprint density at radius 1 is 1.19 bits per heavy atom. The molecule has 0 radical (unpaired) electrons. The summed E-state index contributed by atoms with van der Waals surface area (Å²) in [7, 11) is 2.88. The molecule has 0 aliphatic carbocycles. The molecule has 0 bridgehead atoms. The van der Waals surface area contributed by atoms with E-state index < -0.39 is 24.0 Å². The molecule has 0 spiro atoms. The molecule has 2 aromatic heterocycles. The number of aryl methyl sites for hydroxylation is 1. The Morgan fingerprint density at radius 2 is 1.85 bits per heavy atom. The second kappa shape index (κ2) is 7.33. The first-order valence-electron chi connectivity index (χ1n) is 8.27. The molecule has 1 aromatic carbocycles. The van der Waals surface area contributed by atoms with Crippen LogP contribution in [-0.2, 0) is 20.6 Å². The number of aliphatic hydroxyl groups excluding tert-OH is 2. The quantitative estimate of drug-likeness (QED) is 0.528. The van der Waals surface area contributed by atoms with Crippen molar-refractivity contribution in [2.24, 2.45) is 14.1 Å². The van der Waals surface area contributed by atoms with E-state index in [2.05, 4.69) is 10.3 Å². The van der Waals surface area contributed by atoms with Gasteiger partial charge in [0.05, 0.1) is 19.3 Å². The predicted octanol–water partition coefficient (Wildman–Crippen LogP) is -0.614. The summed E-state index contributed by atoms with van der Waals surface area (Å²) in [6.07, 6.45) is -1.02. The highest BCUT2D eigenvalue weighted by Crippen LogP contribution is 2.18. The fraction of sp³-hybridized carbons (Fsp3) is 0.353. The standard InChI is InChI=1S/C17H20FN5O4/c1-21-14-13(15(26)22(2)17(21)27)23(8-10-3-5-11(18)6-4-10)16(20-14)19-7-12(25)9-24/h3-6,12,24-25H,7-9H2,1-2H3,(H,19,20)/t12-/m0/s1. The largest absolute Gasteiger partial charge is 0.394 e. The first-order chi connectivity index (χ1) is 12.8. The number of hydrogen-bond donors (Lipinski definition) is 3. The van der Waals surface area contributed by atoms with Gasteiger partial charge < -0.3 is 15.5 Å². The average Bonchev–Trinajstić information content (AvgIpc) is 3.02. The lowest BCUT2D eigenvalue weighted by atomic mass is 10.2. The SMILES string of the molecule is Cn1c(=O)c2c(nc(NC[C@H](O)CO)n2Cc2ccc(F)cc2)n(C)c1=O. The third-order valence-electron chi connectivity index (χ3n) is 4.31. The van der Waals surface area contributed by atoms with Crippen molar-refractivity contribution >= 4 is 17.1 Å². The first kappa shape index (κ1) is 18.8. The van der Waals surface area contributed by atoms with Crippen molar-refractivity contribution in [2.75, 3.05) is 18.5 Å². The van der Waals surface area contributed by atoms with Crippen LogP contribution >= 0.6 is 0 Å². The highest BCUT2D eigenvalue weighted by Gasteiger charge is 2.19. The van der Waals surface area contributed by atoms with Gasteiger partial charge in [-0.05, 0) is 17.7 Å². The van der Waals surface area contributed by atoms with E-state index in [0.717, 1.165) is 10.1 Å². The van der Waals surface area contributed by atoms with E-state index in [-0.39, 0.29) is 36.0 Å². The second-order valence-corrected chi connectivity index (χ2v) is 6.24. The van der Waals surface area contributed by atoms with Gasteiger partial charge in [-0.3, -0.25) is 18.5 Å². The summed E-state index contributed by atoms with van der Waals surface area (Å²) in [5.41, 5.74) is 0.0767. The van der Waals surface area contributed by atoms with Gasteiger partial charge >= 0.3 is 5.69 Å². The Balaban J connectivity index is 2.18. The molecule has 3 rings (SSSR count). The van der Waals surface area contributed by atoms with Crippen LogP contribution in [0.2, 0.25) is 0 Å². The van der Waals surface area contributed by atoms with Gasteiger partial charge in [0.1, 0.15) is 5.82 Å². The number of nitrogens with zero attached hydrogens (tertiary/aromatic N) is 4. The number of benzene rings is 1. The van der Waals surface area contributed by atoms with Crippen molar-refractivity contribution < 1.29 is 14.6 Å². The number of halogens is 1. The smallest absolute Gasteiger partial charge is 0.332 e. The number of rotatable bonds is 6. The summed E-state index contributed by atoms with van der Waals surface area (Å²) in [4.78, 5) is 29.2. The van der Waals surface area contributed by atoms with Crippen molar-refractivity contribution in [3.05, 3.63) is 56.5 Å². The number of anilines is 1. The Kier molecular flexibility index (Phi) is 5.10. The van der Waals surface area contributed by atoms with Crippen LogP contribution < -0.4 is 16.6 Å². The Morgan fingerprint density at radius 3 is 2.48 bits per heavy atom. The Hall–Kier alpha value is -2.98. The number of hydrogen-bond acceptors (Lipinski definition) is 6. The minimum Gasteiger partial charge on any atom is -0.394 e. The molecule has 0 aliphatic rings. The van der Waals surface area contributed by atoms with E-state index in [0.29, 0.717) is 0 Å². The molecule has 0 fully saturated rings. The van der Waals surface area contributed by atoms with Gasteiger partial charge in [-0.15, -0.1) is 0 Å². The fourth-order valence-corrected chi connectivity index (χ4v) is 2.78. The van der Waals surface area contributed by atoms with E-state index in [1.54, 1.807) is 16.7 Å². The lowest BCUT2D eigenvalue weighted by molar-refractivity contribution is 0.105. The van der Waals surface area contributed by atoms with E-state index in [9.17, 15) is 19.1 Å². The topological polar surface area (TPSA) is 114 Å². The zero-order chi connectivity index (χ0) is 19.7.